The van der Waals surface area contributed by atoms with Crippen molar-refractivity contribution in [2.45, 2.75) is 17.2 Å². The highest BCUT2D eigenvalue weighted by Crippen LogP contribution is 2.26. The Bertz CT molecular complexity index is 804. The molecule has 2 nitrogen and oxygen atoms in total. The van der Waals surface area contributed by atoms with Crippen LogP contribution in [-0.4, -0.2) is 9.55 Å². The molecule has 0 saturated carbocycles. The van der Waals surface area contributed by atoms with Crippen LogP contribution in [0.25, 0.3) is 11.0 Å². The Morgan fingerprint density at radius 2 is 1.86 bits per heavy atom. The molecule has 0 aliphatic carbocycles. The molecule has 5 heteroatoms. The minimum Gasteiger partial charge on any atom is -0.315 e. The molecule has 0 spiro atoms. The summed E-state index contributed by atoms with van der Waals surface area (Å²) in [7, 11) is 0. The van der Waals surface area contributed by atoms with Crippen LogP contribution in [0.2, 0.25) is 5.02 Å². The van der Waals surface area contributed by atoms with Crippen molar-refractivity contribution < 1.29 is 0 Å². The van der Waals surface area contributed by atoms with Crippen LogP contribution >= 0.6 is 35.8 Å². The van der Waals surface area contributed by atoms with Gasteiger partial charge in [-0.3, -0.25) is 0 Å². The molecule has 1 aromatic heterocycles. The zero-order valence-corrected chi connectivity index (χ0v) is 14.1. The molecule has 1 heterocycles. The van der Waals surface area contributed by atoms with Crippen molar-refractivity contribution in [3.8, 4) is 12.3 Å². The largest absolute Gasteiger partial charge is 0.315 e. The average molecular weight is 349 g/mol. The van der Waals surface area contributed by atoms with Crippen LogP contribution in [0.1, 0.15) is 5.82 Å². The lowest BCUT2D eigenvalue weighted by Crippen LogP contribution is -2.01. The van der Waals surface area contributed by atoms with Crippen molar-refractivity contribution in [3.05, 3.63) is 59.4 Å². The summed E-state index contributed by atoms with van der Waals surface area (Å²) < 4.78 is 2.10. The molecule has 0 aliphatic heterocycles. The number of hydrogen-bond acceptors (Lipinski definition) is 2. The number of benzene rings is 2. The van der Waals surface area contributed by atoms with E-state index in [0.29, 0.717) is 6.54 Å². The number of rotatable bonds is 4. The summed E-state index contributed by atoms with van der Waals surface area (Å²) in [6.07, 6.45) is 5.48. The Balaban J connectivity index is 0.00000176. The molecule has 0 saturated heterocycles. The van der Waals surface area contributed by atoms with Crippen molar-refractivity contribution in [1.29, 1.82) is 0 Å². The van der Waals surface area contributed by atoms with Crippen molar-refractivity contribution in [2.75, 3.05) is 0 Å². The van der Waals surface area contributed by atoms with Crippen molar-refractivity contribution >= 4 is 46.8 Å². The number of imidazole rings is 1. The van der Waals surface area contributed by atoms with Gasteiger partial charge in [-0.15, -0.1) is 30.6 Å². The third-order valence-corrected chi connectivity index (χ3v) is 4.42. The Labute approximate surface area is 145 Å². The van der Waals surface area contributed by atoms with Gasteiger partial charge in [-0.2, -0.15) is 0 Å². The fourth-order valence-corrected chi connectivity index (χ4v) is 3.15. The van der Waals surface area contributed by atoms with E-state index in [-0.39, 0.29) is 12.4 Å². The van der Waals surface area contributed by atoms with Gasteiger partial charge in [0.25, 0.3) is 0 Å². The number of nitrogens with zero attached hydrogens (tertiary/aromatic N) is 2. The summed E-state index contributed by atoms with van der Waals surface area (Å²) in [5.41, 5.74) is 2.07. The van der Waals surface area contributed by atoms with Crippen molar-refractivity contribution in [2.24, 2.45) is 0 Å². The first-order valence-corrected chi connectivity index (χ1v) is 7.90. The lowest BCUT2D eigenvalue weighted by molar-refractivity contribution is 0.816. The number of thioether (sulfide) groups is 1. The Morgan fingerprint density at radius 1 is 1.14 bits per heavy atom. The van der Waals surface area contributed by atoms with Gasteiger partial charge in [0.05, 0.1) is 23.3 Å². The van der Waals surface area contributed by atoms with Gasteiger partial charge < -0.3 is 4.57 Å². The van der Waals surface area contributed by atoms with Crippen molar-refractivity contribution in [1.82, 2.24) is 9.55 Å². The number of fused-ring (bicyclic) bond motifs is 1. The zero-order chi connectivity index (χ0) is 14.7. The second-order valence-corrected chi connectivity index (χ2v) is 6.03. The topological polar surface area (TPSA) is 17.8 Å². The SMILES string of the molecule is C#CCn1c(CSc2ccc(Cl)cc2)nc2ccccc21.Cl. The quantitative estimate of drug-likeness (QED) is 0.485. The van der Waals surface area contributed by atoms with Crippen LogP contribution in [0, 0.1) is 12.3 Å². The summed E-state index contributed by atoms with van der Waals surface area (Å²) in [6, 6.07) is 15.9. The standard InChI is InChI=1S/C17H13ClN2S.ClH/c1-2-11-20-16-6-4-3-5-15(16)19-17(20)12-21-14-9-7-13(18)8-10-14;/h1,3-10H,11-12H2;1H. The summed E-state index contributed by atoms with van der Waals surface area (Å²) in [4.78, 5) is 5.85. The third kappa shape index (κ3) is 3.59. The summed E-state index contributed by atoms with van der Waals surface area (Å²) in [6.45, 7) is 0.539. The predicted molar refractivity (Wildman–Crippen MR) is 96.8 cm³/mol. The lowest BCUT2D eigenvalue weighted by Gasteiger charge is -2.05. The van der Waals surface area contributed by atoms with Gasteiger partial charge in [0.2, 0.25) is 0 Å². The molecule has 3 aromatic rings. The molecule has 0 unspecified atom stereocenters. The molecule has 0 aliphatic rings. The van der Waals surface area contributed by atoms with Crippen LogP contribution in [0.3, 0.4) is 0 Å². The second kappa shape index (κ2) is 7.60. The highest BCUT2D eigenvalue weighted by atomic mass is 35.5. The van der Waals surface area contributed by atoms with E-state index in [1.807, 2.05) is 42.5 Å². The maximum Gasteiger partial charge on any atom is 0.121 e. The highest BCUT2D eigenvalue weighted by Gasteiger charge is 2.09. The zero-order valence-electron chi connectivity index (χ0n) is 11.7. The molecule has 0 atom stereocenters. The van der Waals surface area contributed by atoms with Crippen LogP contribution in [0.5, 0.6) is 0 Å². The Kier molecular flexibility index (Phi) is 5.79. The predicted octanol–water partition coefficient (Wildman–Crippen LogP) is 5.04. The van der Waals surface area contributed by atoms with E-state index in [9.17, 15) is 0 Å². The minimum atomic E-state index is 0. The molecule has 112 valence electrons. The lowest BCUT2D eigenvalue weighted by atomic mass is 10.3. The van der Waals surface area contributed by atoms with E-state index in [1.165, 1.54) is 4.90 Å². The van der Waals surface area contributed by atoms with Crippen LogP contribution in [-0.2, 0) is 12.3 Å². The summed E-state index contributed by atoms with van der Waals surface area (Å²) in [5, 5.41) is 0.749. The van der Waals surface area contributed by atoms with E-state index in [2.05, 4.69) is 21.5 Å². The Morgan fingerprint density at radius 3 is 2.59 bits per heavy atom. The molecular weight excluding hydrogens is 335 g/mol. The van der Waals surface area contributed by atoms with Gasteiger partial charge >= 0.3 is 0 Å². The minimum absolute atomic E-state index is 0. The Hall–Kier alpha value is -1.60. The van der Waals surface area contributed by atoms with E-state index >= 15 is 0 Å². The van der Waals surface area contributed by atoms with Gasteiger partial charge in [0.1, 0.15) is 5.82 Å². The summed E-state index contributed by atoms with van der Waals surface area (Å²) in [5.74, 6) is 4.47. The van der Waals surface area contributed by atoms with Gasteiger partial charge in [-0.1, -0.05) is 29.7 Å². The normalized spacial score (nSPS) is 10.2. The third-order valence-electron chi connectivity index (χ3n) is 3.16. The molecule has 0 amide bonds. The summed E-state index contributed by atoms with van der Waals surface area (Å²) >= 11 is 7.63. The highest BCUT2D eigenvalue weighted by molar-refractivity contribution is 7.98. The number of hydrogen-bond donors (Lipinski definition) is 0. The van der Waals surface area contributed by atoms with Gasteiger partial charge in [-0.25, -0.2) is 4.98 Å². The van der Waals surface area contributed by atoms with Crippen LogP contribution < -0.4 is 0 Å². The fourth-order valence-electron chi connectivity index (χ4n) is 2.18. The first-order chi connectivity index (χ1) is 10.3. The molecule has 2 aromatic carbocycles. The molecule has 22 heavy (non-hydrogen) atoms. The van der Waals surface area contributed by atoms with Crippen molar-refractivity contribution in [3.63, 3.8) is 0 Å². The van der Waals surface area contributed by atoms with Gasteiger partial charge in [0.15, 0.2) is 0 Å². The molecule has 3 rings (SSSR count). The molecule has 0 fully saturated rings. The number of halogens is 2. The fraction of sp³-hybridized carbons (Fsp3) is 0.118. The molecular formula is C17H14Cl2N2S. The van der Waals surface area contributed by atoms with E-state index in [1.54, 1.807) is 11.8 Å². The van der Waals surface area contributed by atoms with Gasteiger partial charge in [0, 0.05) is 9.92 Å². The average Bonchev–Trinajstić information content (AvgIpc) is 2.85. The molecule has 0 bridgehead atoms. The smallest absolute Gasteiger partial charge is 0.121 e. The second-order valence-electron chi connectivity index (χ2n) is 4.55. The maximum absolute atomic E-state index is 5.90. The molecule has 0 N–H and O–H groups in total. The van der Waals surface area contributed by atoms with E-state index in [0.717, 1.165) is 27.6 Å². The number of para-hydroxylation sites is 2. The first-order valence-electron chi connectivity index (χ1n) is 6.54. The van der Waals surface area contributed by atoms with Crippen LogP contribution in [0.15, 0.2) is 53.4 Å². The number of terminal acetylenes is 1. The van der Waals surface area contributed by atoms with E-state index < -0.39 is 0 Å². The maximum atomic E-state index is 5.90. The van der Waals surface area contributed by atoms with Gasteiger partial charge in [-0.05, 0) is 36.4 Å². The first kappa shape index (κ1) is 16.8. The molecule has 0 radical (unpaired) electrons. The van der Waals surface area contributed by atoms with Crippen LogP contribution in [0.4, 0.5) is 0 Å². The van der Waals surface area contributed by atoms with E-state index in [4.69, 9.17) is 18.0 Å². The monoisotopic (exact) mass is 348 g/mol. The number of aromatic nitrogens is 2.